The Labute approximate surface area is 165 Å². The molecule has 2 heterocycles. The van der Waals surface area contributed by atoms with Crippen molar-refractivity contribution in [1.82, 2.24) is 0 Å². The van der Waals surface area contributed by atoms with Gasteiger partial charge < -0.3 is 14.2 Å². The third-order valence-corrected chi connectivity index (χ3v) is 5.24. The van der Waals surface area contributed by atoms with Gasteiger partial charge in [0.2, 0.25) is 5.78 Å². The summed E-state index contributed by atoms with van der Waals surface area (Å²) in [7, 11) is 1.57. The first-order valence-electron chi connectivity index (χ1n) is 8.55. The molecule has 0 saturated carbocycles. The van der Waals surface area contributed by atoms with Crippen molar-refractivity contribution >= 4 is 29.2 Å². The standard InChI is InChI=1S/C22H16O5S/c1-13-16(27-22(24)19-8-5-11-28-19)10-9-15-20(23)18(26-21(13)15)12-14-6-3-4-7-17(14)25-2/h3-12H,1-2H3/b18-12-. The van der Waals surface area contributed by atoms with Gasteiger partial charge in [-0.1, -0.05) is 24.3 Å². The van der Waals surface area contributed by atoms with E-state index < -0.39 is 5.97 Å². The quantitative estimate of drug-likeness (QED) is 0.359. The minimum atomic E-state index is -0.438. The largest absolute Gasteiger partial charge is 0.496 e. The van der Waals surface area contributed by atoms with Crippen LogP contribution in [0.4, 0.5) is 0 Å². The van der Waals surface area contributed by atoms with Crippen LogP contribution in [0.25, 0.3) is 6.08 Å². The van der Waals surface area contributed by atoms with E-state index in [1.54, 1.807) is 44.4 Å². The van der Waals surface area contributed by atoms with Gasteiger partial charge in [-0.3, -0.25) is 4.79 Å². The average molecular weight is 392 g/mol. The third-order valence-electron chi connectivity index (χ3n) is 4.39. The molecule has 28 heavy (non-hydrogen) atoms. The number of hydrogen-bond donors (Lipinski definition) is 0. The molecule has 2 aromatic carbocycles. The highest BCUT2D eigenvalue weighted by molar-refractivity contribution is 7.12. The first kappa shape index (κ1) is 18.0. The maximum Gasteiger partial charge on any atom is 0.353 e. The Morgan fingerprint density at radius 1 is 1.07 bits per heavy atom. The number of thiophene rings is 1. The summed E-state index contributed by atoms with van der Waals surface area (Å²) in [5.74, 6) is 0.951. The Morgan fingerprint density at radius 2 is 1.89 bits per heavy atom. The summed E-state index contributed by atoms with van der Waals surface area (Å²) in [5, 5.41) is 1.81. The van der Waals surface area contributed by atoms with Crippen molar-refractivity contribution < 1.29 is 23.8 Å². The smallest absolute Gasteiger partial charge is 0.353 e. The lowest BCUT2D eigenvalue weighted by atomic mass is 10.1. The molecular formula is C22H16O5S. The number of ether oxygens (including phenoxy) is 3. The first-order valence-corrected chi connectivity index (χ1v) is 9.43. The fourth-order valence-electron chi connectivity index (χ4n) is 2.95. The number of allylic oxidation sites excluding steroid dienone is 1. The summed E-state index contributed by atoms with van der Waals surface area (Å²) in [6.07, 6.45) is 1.65. The van der Waals surface area contributed by atoms with Crippen molar-refractivity contribution in [2.75, 3.05) is 7.11 Å². The Hall–Kier alpha value is -3.38. The number of ketones is 1. The van der Waals surface area contributed by atoms with Crippen molar-refractivity contribution in [3.8, 4) is 17.2 Å². The van der Waals surface area contributed by atoms with E-state index >= 15 is 0 Å². The van der Waals surface area contributed by atoms with Crippen molar-refractivity contribution in [3.05, 3.63) is 81.2 Å². The number of Topliss-reactive ketones (excluding diaryl/α,β-unsaturated/α-hetero) is 1. The third kappa shape index (κ3) is 3.18. The van der Waals surface area contributed by atoms with Crippen LogP contribution in [0.5, 0.6) is 17.2 Å². The Morgan fingerprint density at radius 3 is 2.64 bits per heavy atom. The van der Waals surface area contributed by atoms with Crippen LogP contribution in [0, 0.1) is 6.92 Å². The SMILES string of the molecule is COc1ccccc1/C=C1\Oc2c(ccc(OC(=O)c3cccs3)c2C)C1=O. The molecule has 1 aromatic heterocycles. The molecule has 0 N–H and O–H groups in total. The molecule has 1 aliphatic heterocycles. The molecule has 0 atom stereocenters. The monoisotopic (exact) mass is 392 g/mol. The van der Waals surface area contributed by atoms with Crippen LogP contribution in [0.2, 0.25) is 0 Å². The van der Waals surface area contributed by atoms with Crippen LogP contribution >= 0.6 is 11.3 Å². The normalized spacial score (nSPS) is 13.9. The molecule has 0 aliphatic carbocycles. The molecule has 0 unspecified atom stereocenters. The lowest BCUT2D eigenvalue weighted by Gasteiger charge is -2.09. The van der Waals surface area contributed by atoms with E-state index in [-0.39, 0.29) is 11.5 Å². The molecule has 0 fully saturated rings. The van der Waals surface area contributed by atoms with Gasteiger partial charge in [-0.15, -0.1) is 11.3 Å². The van der Waals surface area contributed by atoms with Crippen LogP contribution in [-0.4, -0.2) is 18.9 Å². The summed E-state index contributed by atoms with van der Waals surface area (Å²) in [5.41, 5.74) is 1.77. The van der Waals surface area contributed by atoms with Crippen LogP contribution in [0.3, 0.4) is 0 Å². The molecule has 6 heteroatoms. The van der Waals surface area contributed by atoms with E-state index in [0.717, 1.165) is 5.56 Å². The summed E-state index contributed by atoms with van der Waals surface area (Å²) in [6.45, 7) is 1.76. The molecule has 140 valence electrons. The fraction of sp³-hybridized carbons (Fsp3) is 0.0909. The number of carbonyl (C=O) groups excluding carboxylic acids is 2. The van der Waals surface area contributed by atoms with Gasteiger partial charge in [-0.2, -0.15) is 0 Å². The van der Waals surface area contributed by atoms with Gasteiger partial charge in [0, 0.05) is 11.1 Å². The lowest BCUT2D eigenvalue weighted by molar-refractivity contribution is 0.0738. The van der Waals surface area contributed by atoms with E-state index in [9.17, 15) is 9.59 Å². The lowest BCUT2D eigenvalue weighted by Crippen LogP contribution is -2.07. The second-order valence-corrected chi connectivity index (χ2v) is 7.06. The summed E-state index contributed by atoms with van der Waals surface area (Å²) >= 11 is 1.31. The fourth-order valence-corrected chi connectivity index (χ4v) is 3.55. The van der Waals surface area contributed by atoms with Crippen molar-refractivity contribution in [2.45, 2.75) is 6.92 Å². The zero-order chi connectivity index (χ0) is 19.7. The maximum atomic E-state index is 12.7. The van der Waals surface area contributed by atoms with Gasteiger partial charge in [0.15, 0.2) is 5.76 Å². The number of rotatable bonds is 4. The van der Waals surface area contributed by atoms with Crippen LogP contribution in [0.15, 0.2) is 59.7 Å². The molecule has 0 saturated heterocycles. The molecule has 0 spiro atoms. The molecule has 4 rings (SSSR count). The van der Waals surface area contributed by atoms with Crippen molar-refractivity contribution in [3.63, 3.8) is 0 Å². The summed E-state index contributed by atoms with van der Waals surface area (Å²) in [4.78, 5) is 25.5. The first-order chi connectivity index (χ1) is 13.6. The Bertz CT molecular complexity index is 1100. The number of carbonyl (C=O) groups is 2. The predicted octanol–water partition coefficient (Wildman–Crippen LogP) is 4.90. The highest BCUT2D eigenvalue weighted by atomic mass is 32.1. The number of fused-ring (bicyclic) bond motifs is 1. The maximum absolute atomic E-state index is 12.7. The summed E-state index contributed by atoms with van der Waals surface area (Å²) < 4.78 is 16.6. The number of benzene rings is 2. The average Bonchev–Trinajstić information content (AvgIpc) is 3.34. The van der Waals surface area contributed by atoms with E-state index in [0.29, 0.717) is 33.3 Å². The van der Waals surface area contributed by atoms with Gasteiger partial charge in [-0.25, -0.2) is 4.79 Å². The van der Waals surface area contributed by atoms with Gasteiger partial charge in [0.25, 0.3) is 0 Å². The highest BCUT2D eigenvalue weighted by Crippen LogP contribution is 2.40. The van der Waals surface area contributed by atoms with E-state index in [4.69, 9.17) is 14.2 Å². The van der Waals surface area contributed by atoms with Gasteiger partial charge in [0.1, 0.15) is 22.1 Å². The van der Waals surface area contributed by atoms with Crippen molar-refractivity contribution in [1.29, 1.82) is 0 Å². The van der Waals surface area contributed by atoms with Crippen LogP contribution in [0.1, 0.15) is 31.2 Å². The van der Waals surface area contributed by atoms with E-state index in [2.05, 4.69) is 0 Å². The topological polar surface area (TPSA) is 61.8 Å². The number of esters is 1. The zero-order valence-electron chi connectivity index (χ0n) is 15.2. The van der Waals surface area contributed by atoms with Crippen molar-refractivity contribution in [2.24, 2.45) is 0 Å². The number of para-hydroxylation sites is 1. The predicted molar refractivity (Wildman–Crippen MR) is 106 cm³/mol. The second kappa shape index (κ2) is 7.32. The molecule has 0 bridgehead atoms. The Balaban J connectivity index is 1.65. The molecule has 5 nitrogen and oxygen atoms in total. The molecule has 1 aliphatic rings. The Kier molecular flexibility index (Phi) is 4.71. The molecule has 0 radical (unpaired) electrons. The zero-order valence-corrected chi connectivity index (χ0v) is 16.0. The summed E-state index contributed by atoms with van der Waals surface area (Å²) in [6, 6.07) is 14.1. The molecule has 0 amide bonds. The highest BCUT2D eigenvalue weighted by Gasteiger charge is 2.31. The number of hydrogen-bond acceptors (Lipinski definition) is 6. The van der Waals surface area contributed by atoms with Crippen LogP contribution in [-0.2, 0) is 0 Å². The minimum absolute atomic E-state index is 0.198. The van der Waals surface area contributed by atoms with E-state index in [1.807, 2.05) is 29.6 Å². The second-order valence-electron chi connectivity index (χ2n) is 6.11. The van der Waals surface area contributed by atoms with Gasteiger partial charge in [0.05, 0.1) is 12.7 Å². The van der Waals surface area contributed by atoms with Gasteiger partial charge in [-0.05, 0) is 42.6 Å². The molecule has 3 aromatic rings. The molecular weight excluding hydrogens is 376 g/mol. The van der Waals surface area contributed by atoms with Gasteiger partial charge >= 0.3 is 5.97 Å². The van der Waals surface area contributed by atoms with E-state index in [1.165, 1.54) is 11.3 Å². The van der Waals surface area contributed by atoms with Crippen LogP contribution < -0.4 is 14.2 Å². The minimum Gasteiger partial charge on any atom is -0.496 e. The number of methoxy groups -OCH3 is 1.